The molecule has 0 fully saturated rings. The Hall–Kier alpha value is -3.58. The van der Waals surface area contributed by atoms with Gasteiger partial charge in [0.2, 0.25) is 0 Å². The molecule has 0 atom stereocenters. The van der Waals surface area contributed by atoms with E-state index in [0.29, 0.717) is 28.6 Å². The average molecular weight is 423 g/mol. The summed E-state index contributed by atoms with van der Waals surface area (Å²) < 4.78 is 12.4. The van der Waals surface area contributed by atoms with E-state index in [2.05, 4.69) is 15.3 Å². The van der Waals surface area contributed by atoms with E-state index < -0.39 is 0 Å². The fourth-order valence-electron chi connectivity index (χ4n) is 3.14. The molecule has 8 heteroatoms. The molecule has 0 aliphatic rings. The van der Waals surface area contributed by atoms with Gasteiger partial charge >= 0.3 is 0 Å². The summed E-state index contributed by atoms with van der Waals surface area (Å²) in [5.74, 6) is 1.27. The number of hydrogen-bond donors (Lipinski definition) is 1. The second-order valence-corrected chi connectivity index (χ2v) is 6.91. The molecule has 0 aliphatic carbocycles. The summed E-state index contributed by atoms with van der Waals surface area (Å²) in [4.78, 5) is 21.4. The van der Waals surface area contributed by atoms with Gasteiger partial charge in [0.1, 0.15) is 12.1 Å². The molecular formula is C22H19ClN4O3. The zero-order chi connectivity index (χ0) is 21.1. The Morgan fingerprint density at radius 3 is 2.67 bits per heavy atom. The van der Waals surface area contributed by atoms with Crippen molar-refractivity contribution >= 4 is 28.5 Å². The number of nitrogens with zero attached hydrogens (tertiary/aromatic N) is 3. The molecule has 0 saturated carbocycles. The first kappa shape index (κ1) is 19.7. The number of fused-ring (bicyclic) bond motifs is 1. The predicted molar refractivity (Wildman–Crippen MR) is 115 cm³/mol. The van der Waals surface area contributed by atoms with Crippen LogP contribution in [0.15, 0.2) is 61.1 Å². The highest BCUT2D eigenvalue weighted by atomic mass is 35.5. The maximum Gasteiger partial charge on any atom is 0.251 e. The summed E-state index contributed by atoms with van der Waals surface area (Å²) in [7, 11) is 2.99. The van der Waals surface area contributed by atoms with Gasteiger partial charge in [-0.05, 0) is 35.9 Å². The van der Waals surface area contributed by atoms with E-state index in [9.17, 15) is 4.79 Å². The number of carbonyl (C=O) groups is 1. The van der Waals surface area contributed by atoms with Gasteiger partial charge in [-0.15, -0.1) is 0 Å². The molecule has 2 heterocycles. The summed E-state index contributed by atoms with van der Waals surface area (Å²) in [5.41, 5.74) is 3.14. The number of nitrogens with one attached hydrogen (secondary N) is 1. The second-order valence-electron chi connectivity index (χ2n) is 6.50. The normalized spacial score (nSPS) is 10.8. The minimum absolute atomic E-state index is 0.275. The molecule has 1 amide bonds. The predicted octanol–water partition coefficient (Wildman–Crippen LogP) is 4.02. The van der Waals surface area contributed by atoms with Gasteiger partial charge in [0, 0.05) is 18.3 Å². The Bertz CT molecular complexity index is 1200. The number of benzene rings is 2. The van der Waals surface area contributed by atoms with Gasteiger partial charge in [0.25, 0.3) is 5.91 Å². The molecule has 30 heavy (non-hydrogen) atoms. The average Bonchev–Trinajstić information content (AvgIpc) is 3.21. The molecule has 0 bridgehead atoms. The quantitative estimate of drug-likeness (QED) is 0.507. The highest BCUT2D eigenvalue weighted by Gasteiger charge is 2.15. The third-order valence-electron chi connectivity index (χ3n) is 4.66. The van der Waals surface area contributed by atoms with Crippen molar-refractivity contribution in [3.8, 4) is 17.3 Å². The van der Waals surface area contributed by atoms with E-state index in [0.717, 1.165) is 22.4 Å². The fourth-order valence-corrected chi connectivity index (χ4v) is 3.43. The number of rotatable bonds is 6. The van der Waals surface area contributed by atoms with Crippen LogP contribution in [-0.4, -0.2) is 34.7 Å². The first-order valence-electron chi connectivity index (χ1n) is 9.18. The number of methoxy groups -OCH3 is 2. The lowest BCUT2D eigenvalue weighted by atomic mass is 10.1. The number of aromatic nitrogens is 3. The first-order valence-corrected chi connectivity index (χ1v) is 9.55. The van der Waals surface area contributed by atoms with Crippen LogP contribution in [0.3, 0.4) is 0 Å². The number of carbonyl (C=O) groups excluding carboxylic acids is 1. The molecule has 2 aromatic heterocycles. The Kier molecular flexibility index (Phi) is 5.54. The van der Waals surface area contributed by atoms with E-state index >= 15 is 0 Å². The lowest BCUT2D eigenvalue weighted by molar-refractivity contribution is 0.0950. The van der Waals surface area contributed by atoms with Gasteiger partial charge < -0.3 is 14.8 Å². The van der Waals surface area contributed by atoms with Crippen LogP contribution in [0.2, 0.25) is 5.02 Å². The monoisotopic (exact) mass is 422 g/mol. The Morgan fingerprint density at radius 2 is 1.93 bits per heavy atom. The molecular weight excluding hydrogens is 404 g/mol. The maximum absolute atomic E-state index is 12.5. The molecule has 1 N–H and O–H groups in total. The second kappa shape index (κ2) is 8.42. The molecule has 0 saturated heterocycles. The number of halogens is 1. The minimum atomic E-state index is -0.275. The van der Waals surface area contributed by atoms with E-state index in [4.69, 9.17) is 21.1 Å². The van der Waals surface area contributed by atoms with Gasteiger partial charge in [-0.3, -0.25) is 9.36 Å². The van der Waals surface area contributed by atoms with Crippen molar-refractivity contribution in [1.29, 1.82) is 0 Å². The lowest BCUT2D eigenvalue weighted by Crippen LogP contribution is -2.23. The van der Waals surface area contributed by atoms with Crippen LogP contribution >= 0.6 is 11.6 Å². The van der Waals surface area contributed by atoms with Crippen LogP contribution in [-0.2, 0) is 6.54 Å². The van der Waals surface area contributed by atoms with Gasteiger partial charge in [-0.25, -0.2) is 9.97 Å². The Labute approximate surface area is 178 Å². The van der Waals surface area contributed by atoms with Crippen molar-refractivity contribution in [1.82, 2.24) is 19.9 Å². The summed E-state index contributed by atoms with van der Waals surface area (Å²) in [6, 6.07) is 14.8. The van der Waals surface area contributed by atoms with Crippen LogP contribution in [0.25, 0.3) is 16.9 Å². The van der Waals surface area contributed by atoms with Crippen LogP contribution < -0.4 is 14.8 Å². The Morgan fingerprint density at radius 1 is 1.10 bits per heavy atom. The van der Waals surface area contributed by atoms with Gasteiger partial charge in [0.05, 0.1) is 30.3 Å². The summed E-state index contributed by atoms with van der Waals surface area (Å²) in [6.07, 6.45) is 3.47. The number of para-hydroxylation sites is 2. The van der Waals surface area contributed by atoms with E-state index in [1.807, 2.05) is 41.0 Å². The van der Waals surface area contributed by atoms with Crippen molar-refractivity contribution in [2.45, 2.75) is 6.54 Å². The van der Waals surface area contributed by atoms with Crippen LogP contribution in [0.4, 0.5) is 0 Å². The molecule has 4 aromatic rings. The van der Waals surface area contributed by atoms with Crippen LogP contribution in [0.1, 0.15) is 15.9 Å². The van der Waals surface area contributed by atoms with Crippen LogP contribution in [0.5, 0.6) is 11.5 Å². The SMILES string of the molecule is COc1cc(C(=O)NCc2ccc(-n3cnc4ccccc43)nc2)cc(Cl)c1OC. The minimum Gasteiger partial charge on any atom is -0.493 e. The van der Waals surface area contributed by atoms with E-state index in [1.165, 1.54) is 14.2 Å². The molecule has 0 unspecified atom stereocenters. The third-order valence-corrected chi connectivity index (χ3v) is 4.94. The van der Waals surface area contributed by atoms with Crippen molar-refractivity contribution in [3.05, 3.63) is 77.2 Å². The molecule has 152 valence electrons. The summed E-state index contributed by atoms with van der Waals surface area (Å²) in [5, 5.41) is 3.17. The molecule has 2 aromatic carbocycles. The lowest BCUT2D eigenvalue weighted by Gasteiger charge is -2.12. The summed E-state index contributed by atoms with van der Waals surface area (Å²) >= 11 is 6.18. The van der Waals surface area contributed by atoms with Crippen molar-refractivity contribution in [2.75, 3.05) is 14.2 Å². The maximum atomic E-state index is 12.5. The standard InChI is InChI=1S/C22H19ClN4O3/c1-29-19-10-15(9-16(23)21(19)30-2)22(28)25-12-14-7-8-20(24-11-14)27-13-26-17-5-3-4-6-18(17)27/h3-11,13H,12H2,1-2H3,(H,25,28). The first-order chi connectivity index (χ1) is 14.6. The number of hydrogen-bond acceptors (Lipinski definition) is 5. The highest BCUT2D eigenvalue weighted by Crippen LogP contribution is 2.36. The molecule has 0 radical (unpaired) electrons. The number of pyridine rings is 1. The number of imidazole rings is 1. The van der Waals surface area contributed by atoms with E-state index in [-0.39, 0.29) is 5.91 Å². The van der Waals surface area contributed by atoms with Gasteiger partial charge in [-0.1, -0.05) is 29.8 Å². The van der Waals surface area contributed by atoms with Crippen molar-refractivity contribution in [3.63, 3.8) is 0 Å². The molecule has 7 nitrogen and oxygen atoms in total. The molecule has 0 aliphatic heterocycles. The highest BCUT2D eigenvalue weighted by molar-refractivity contribution is 6.32. The van der Waals surface area contributed by atoms with Crippen molar-refractivity contribution in [2.24, 2.45) is 0 Å². The zero-order valence-corrected chi connectivity index (χ0v) is 17.2. The third kappa shape index (κ3) is 3.79. The number of amides is 1. The summed E-state index contributed by atoms with van der Waals surface area (Å²) in [6.45, 7) is 0.322. The van der Waals surface area contributed by atoms with Crippen molar-refractivity contribution < 1.29 is 14.3 Å². The zero-order valence-electron chi connectivity index (χ0n) is 16.4. The Balaban J connectivity index is 1.47. The fraction of sp³-hybridized carbons (Fsp3) is 0.136. The van der Waals surface area contributed by atoms with Crippen LogP contribution in [0, 0.1) is 0 Å². The molecule has 0 spiro atoms. The van der Waals surface area contributed by atoms with Gasteiger partial charge in [0.15, 0.2) is 11.5 Å². The largest absolute Gasteiger partial charge is 0.493 e. The topological polar surface area (TPSA) is 78.3 Å². The smallest absolute Gasteiger partial charge is 0.251 e. The molecule has 4 rings (SSSR count). The van der Waals surface area contributed by atoms with E-state index in [1.54, 1.807) is 24.7 Å². The number of ether oxygens (including phenoxy) is 2. The van der Waals surface area contributed by atoms with Gasteiger partial charge in [-0.2, -0.15) is 0 Å².